The van der Waals surface area contributed by atoms with Crippen LogP contribution in [0.3, 0.4) is 0 Å². The molecule has 3 rings (SSSR count). The second kappa shape index (κ2) is 5.47. The van der Waals surface area contributed by atoms with Gasteiger partial charge in [-0.25, -0.2) is 4.98 Å². The van der Waals surface area contributed by atoms with Gasteiger partial charge in [0, 0.05) is 12.8 Å². The first-order valence-corrected chi connectivity index (χ1v) is 6.24. The van der Waals surface area contributed by atoms with Crippen molar-refractivity contribution in [3.63, 3.8) is 0 Å². The fourth-order valence-electron chi connectivity index (χ4n) is 1.88. The van der Waals surface area contributed by atoms with Crippen molar-refractivity contribution >= 4 is 16.9 Å². The minimum Gasteiger partial charge on any atom is -0.349 e. The van der Waals surface area contributed by atoms with Gasteiger partial charge in [-0.1, -0.05) is 17.3 Å². The standard InChI is InChI=1S/C12H13N7O/c20-12(13-7-11-16-18-19-17-11)6-5-10-14-8-3-1-2-4-9(8)15-10/h1-4H,5-7H2,(H,13,20)(H,14,15)(H,16,17,18,19). The zero-order valence-corrected chi connectivity index (χ0v) is 10.6. The number of carbonyl (C=O) groups is 1. The number of rotatable bonds is 5. The van der Waals surface area contributed by atoms with Crippen molar-refractivity contribution < 1.29 is 4.79 Å². The van der Waals surface area contributed by atoms with Crippen molar-refractivity contribution in [3.05, 3.63) is 35.9 Å². The predicted molar refractivity (Wildman–Crippen MR) is 70.4 cm³/mol. The van der Waals surface area contributed by atoms with E-state index in [1.165, 1.54) is 0 Å². The van der Waals surface area contributed by atoms with Crippen molar-refractivity contribution in [2.75, 3.05) is 0 Å². The first kappa shape index (κ1) is 12.3. The summed E-state index contributed by atoms with van der Waals surface area (Å²) >= 11 is 0. The lowest BCUT2D eigenvalue weighted by molar-refractivity contribution is -0.121. The first-order chi connectivity index (χ1) is 9.81. The monoisotopic (exact) mass is 271 g/mol. The molecule has 1 aromatic carbocycles. The van der Waals surface area contributed by atoms with Crippen LogP contribution in [-0.4, -0.2) is 36.5 Å². The van der Waals surface area contributed by atoms with Crippen molar-refractivity contribution in [2.24, 2.45) is 0 Å². The minimum absolute atomic E-state index is 0.0738. The highest BCUT2D eigenvalue weighted by Crippen LogP contribution is 2.11. The molecule has 0 spiro atoms. The second-order valence-corrected chi connectivity index (χ2v) is 4.31. The summed E-state index contributed by atoms with van der Waals surface area (Å²) in [4.78, 5) is 19.3. The number of imidazole rings is 1. The van der Waals surface area contributed by atoms with Crippen LogP contribution < -0.4 is 5.32 Å². The summed E-state index contributed by atoms with van der Waals surface area (Å²) in [5.41, 5.74) is 1.89. The van der Waals surface area contributed by atoms with E-state index in [1.54, 1.807) is 0 Å². The number of tetrazole rings is 1. The van der Waals surface area contributed by atoms with Gasteiger partial charge in [0.25, 0.3) is 0 Å². The molecule has 0 fully saturated rings. The second-order valence-electron chi connectivity index (χ2n) is 4.31. The van der Waals surface area contributed by atoms with Crippen LogP contribution in [0.15, 0.2) is 24.3 Å². The van der Waals surface area contributed by atoms with Crippen molar-refractivity contribution in [3.8, 4) is 0 Å². The summed E-state index contributed by atoms with van der Waals surface area (Å²) in [5.74, 6) is 1.19. The molecule has 0 aliphatic rings. The van der Waals surface area contributed by atoms with Crippen LogP contribution >= 0.6 is 0 Å². The largest absolute Gasteiger partial charge is 0.349 e. The van der Waals surface area contributed by atoms with Crippen molar-refractivity contribution in [1.29, 1.82) is 0 Å². The van der Waals surface area contributed by atoms with Gasteiger partial charge in [0.15, 0.2) is 5.82 Å². The van der Waals surface area contributed by atoms with Gasteiger partial charge in [-0.05, 0) is 12.1 Å². The number of nitrogens with one attached hydrogen (secondary N) is 3. The summed E-state index contributed by atoms with van der Waals surface area (Å²) in [6.45, 7) is 0.273. The van der Waals surface area contributed by atoms with Crippen LogP contribution in [0.5, 0.6) is 0 Å². The molecule has 0 unspecified atom stereocenters. The van der Waals surface area contributed by atoms with Crippen LogP contribution in [0.2, 0.25) is 0 Å². The molecule has 0 saturated carbocycles. The molecule has 1 amide bonds. The van der Waals surface area contributed by atoms with E-state index in [2.05, 4.69) is 35.9 Å². The maximum Gasteiger partial charge on any atom is 0.220 e. The van der Waals surface area contributed by atoms with Crippen LogP contribution in [0.25, 0.3) is 11.0 Å². The fraction of sp³-hybridized carbons (Fsp3) is 0.250. The Hall–Kier alpha value is -2.77. The average Bonchev–Trinajstić information content (AvgIpc) is 3.11. The molecule has 0 atom stereocenters. The number of amides is 1. The maximum absolute atomic E-state index is 11.7. The topological polar surface area (TPSA) is 112 Å². The van der Waals surface area contributed by atoms with Crippen LogP contribution in [-0.2, 0) is 17.8 Å². The van der Waals surface area contributed by atoms with E-state index in [0.717, 1.165) is 16.9 Å². The van der Waals surface area contributed by atoms with Gasteiger partial charge < -0.3 is 10.3 Å². The normalized spacial score (nSPS) is 10.8. The number of carbonyl (C=O) groups excluding carboxylic acids is 1. The molecule has 3 aromatic rings. The van der Waals surface area contributed by atoms with Crippen molar-refractivity contribution in [2.45, 2.75) is 19.4 Å². The van der Waals surface area contributed by atoms with Gasteiger partial charge in [0.2, 0.25) is 5.91 Å². The lowest BCUT2D eigenvalue weighted by Gasteiger charge is -2.00. The Balaban J connectivity index is 1.52. The third kappa shape index (κ3) is 2.79. The number of aryl methyl sites for hydroxylation is 1. The minimum atomic E-state index is -0.0738. The van der Waals surface area contributed by atoms with E-state index in [1.807, 2.05) is 24.3 Å². The Morgan fingerprint density at radius 1 is 1.30 bits per heavy atom. The van der Waals surface area contributed by atoms with Gasteiger partial charge in [-0.15, -0.1) is 10.2 Å². The molecule has 0 radical (unpaired) electrons. The van der Waals surface area contributed by atoms with Gasteiger partial charge >= 0.3 is 0 Å². The van der Waals surface area contributed by atoms with Crippen LogP contribution in [0.4, 0.5) is 0 Å². The van der Waals surface area contributed by atoms with Crippen LogP contribution in [0.1, 0.15) is 18.1 Å². The van der Waals surface area contributed by atoms with Crippen LogP contribution in [0, 0.1) is 0 Å². The molecule has 3 N–H and O–H groups in total. The highest BCUT2D eigenvalue weighted by atomic mass is 16.1. The van der Waals surface area contributed by atoms with E-state index < -0.39 is 0 Å². The number of para-hydroxylation sites is 2. The summed E-state index contributed by atoms with van der Waals surface area (Å²) in [6.07, 6.45) is 0.921. The first-order valence-electron chi connectivity index (χ1n) is 6.24. The SMILES string of the molecule is O=C(CCc1nc2ccccc2[nH]1)NCc1nn[nH]n1. The van der Waals surface area contributed by atoms with Crippen molar-refractivity contribution in [1.82, 2.24) is 35.9 Å². The number of H-pyrrole nitrogens is 2. The third-order valence-corrected chi connectivity index (χ3v) is 2.86. The molecule has 2 heterocycles. The van der Waals surface area contributed by atoms with Gasteiger partial charge in [-0.3, -0.25) is 4.79 Å². The molecule has 2 aromatic heterocycles. The Labute approximate surface area is 114 Å². The average molecular weight is 271 g/mol. The summed E-state index contributed by atoms with van der Waals surface area (Å²) in [5, 5.41) is 16.0. The summed E-state index contributed by atoms with van der Waals surface area (Å²) in [6, 6.07) is 7.78. The predicted octanol–water partition coefficient (Wildman–Crippen LogP) is 0.325. The van der Waals surface area contributed by atoms with Gasteiger partial charge in [-0.2, -0.15) is 5.21 Å². The zero-order chi connectivity index (χ0) is 13.8. The smallest absolute Gasteiger partial charge is 0.220 e. The number of aromatic nitrogens is 6. The highest BCUT2D eigenvalue weighted by molar-refractivity contribution is 5.77. The quantitative estimate of drug-likeness (QED) is 0.619. The zero-order valence-electron chi connectivity index (χ0n) is 10.6. The van der Waals surface area contributed by atoms with E-state index in [0.29, 0.717) is 18.7 Å². The maximum atomic E-state index is 11.7. The highest BCUT2D eigenvalue weighted by Gasteiger charge is 2.07. The number of benzene rings is 1. The lowest BCUT2D eigenvalue weighted by Crippen LogP contribution is -2.23. The van der Waals surface area contributed by atoms with E-state index in [9.17, 15) is 4.79 Å². The molecule has 8 heteroatoms. The Bertz CT molecular complexity index is 671. The number of fused-ring (bicyclic) bond motifs is 1. The Morgan fingerprint density at radius 3 is 3.00 bits per heavy atom. The van der Waals surface area contributed by atoms with E-state index in [-0.39, 0.29) is 12.5 Å². The Kier molecular flexibility index (Phi) is 3.36. The number of hydrogen-bond donors (Lipinski definition) is 3. The number of nitrogens with zero attached hydrogens (tertiary/aromatic N) is 4. The molecule has 102 valence electrons. The molecule has 0 bridgehead atoms. The molecular weight excluding hydrogens is 258 g/mol. The fourth-order valence-corrected chi connectivity index (χ4v) is 1.88. The summed E-state index contributed by atoms with van der Waals surface area (Å²) in [7, 11) is 0. The molecule has 0 aliphatic heterocycles. The summed E-state index contributed by atoms with van der Waals surface area (Å²) < 4.78 is 0. The van der Waals surface area contributed by atoms with E-state index >= 15 is 0 Å². The molecular formula is C12H13N7O. The molecule has 20 heavy (non-hydrogen) atoms. The number of hydrogen-bond acceptors (Lipinski definition) is 5. The van der Waals surface area contributed by atoms with Gasteiger partial charge in [0.1, 0.15) is 5.82 Å². The molecule has 0 aliphatic carbocycles. The molecule has 8 nitrogen and oxygen atoms in total. The lowest BCUT2D eigenvalue weighted by atomic mass is 10.3. The van der Waals surface area contributed by atoms with Gasteiger partial charge in [0.05, 0.1) is 17.6 Å². The Morgan fingerprint density at radius 2 is 2.20 bits per heavy atom. The van der Waals surface area contributed by atoms with E-state index in [4.69, 9.17) is 0 Å². The number of aromatic amines is 2. The molecule has 0 saturated heterocycles. The third-order valence-electron chi connectivity index (χ3n) is 2.86.